The predicted octanol–water partition coefficient (Wildman–Crippen LogP) is 7.19. The van der Waals surface area contributed by atoms with E-state index in [-0.39, 0.29) is 16.3 Å². The van der Waals surface area contributed by atoms with Crippen LogP contribution in [0, 0.1) is 12.8 Å². The summed E-state index contributed by atoms with van der Waals surface area (Å²) in [6, 6.07) is 14.0. The number of ether oxygens (including phenoxy) is 1. The fourth-order valence-electron chi connectivity index (χ4n) is 3.92. The monoisotopic (exact) mass is 599 g/mol. The largest absolute Gasteiger partial charge is 0.410 e. The third-order valence-electron chi connectivity index (χ3n) is 5.78. The lowest BCUT2D eigenvalue weighted by Gasteiger charge is -2.12. The van der Waals surface area contributed by atoms with Gasteiger partial charge in [-0.05, 0) is 66.6 Å². The third kappa shape index (κ3) is 5.92. The topological polar surface area (TPSA) is 111 Å². The molecule has 2 atom stereocenters. The summed E-state index contributed by atoms with van der Waals surface area (Å²) in [5.41, 5.74) is 7.23. The summed E-state index contributed by atoms with van der Waals surface area (Å²) >= 11 is 31.2. The van der Waals surface area contributed by atoms with Crippen molar-refractivity contribution in [3.8, 4) is 5.75 Å². The number of hydrogen-bond acceptors (Lipinski definition) is 4. The van der Waals surface area contributed by atoms with Gasteiger partial charge in [0, 0.05) is 17.3 Å². The summed E-state index contributed by atoms with van der Waals surface area (Å²) < 4.78 is 3.49. The van der Waals surface area contributed by atoms with Crippen molar-refractivity contribution in [2.45, 2.75) is 17.2 Å². The van der Waals surface area contributed by atoms with Gasteiger partial charge in [-0.3, -0.25) is 9.59 Å². The summed E-state index contributed by atoms with van der Waals surface area (Å²) in [6.45, 7) is 1.71. The zero-order valence-corrected chi connectivity index (χ0v) is 22.7. The van der Waals surface area contributed by atoms with Gasteiger partial charge in [0.05, 0.1) is 26.5 Å². The Morgan fingerprint density at radius 2 is 1.59 bits per heavy atom. The van der Waals surface area contributed by atoms with E-state index < -0.39 is 34.1 Å². The number of amides is 3. The number of benzene rings is 3. The highest BCUT2D eigenvalue weighted by Gasteiger charge is 2.67. The number of hydrogen-bond donors (Lipinski definition) is 3. The van der Waals surface area contributed by atoms with Crippen molar-refractivity contribution in [1.82, 2.24) is 0 Å². The summed E-state index contributed by atoms with van der Waals surface area (Å²) in [7, 11) is 0. The zero-order chi connectivity index (χ0) is 27.1. The molecule has 3 aromatic rings. The normalized spacial score (nSPS) is 17.6. The Labute approximate surface area is 237 Å². The van der Waals surface area contributed by atoms with E-state index in [1.807, 2.05) is 0 Å². The minimum absolute atomic E-state index is 0.121. The second kappa shape index (κ2) is 10.6. The van der Waals surface area contributed by atoms with E-state index in [1.165, 1.54) is 18.2 Å². The molecule has 1 aliphatic carbocycles. The minimum Gasteiger partial charge on any atom is -0.410 e. The lowest BCUT2D eigenvalue weighted by Crippen LogP contribution is -2.18. The van der Waals surface area contributed by atoms with E-state index in [9.17, 15) is 14.4 Å². The molecule has 0 saturated heterocycles. The van der Waals surface area contributed by atoms with Gasteiger partial charge in [-0.1, -0.05) is 40.9 Å². The predicted molar refractivity (Wildman–Crippen MR) is 147 cm³/mol. The molecule has 1 fully saturated rings. The Morgan fingerprint density at radius 3 is 2.24 bits per heavy atom. The van der Waals surface area contributed by atoms with Gasteiger partial charge in [0.25, 0.3) is 5.91 Å². The van der Waals surface area contributed by atoms with Crippen molar-refractivity contribution < 1.29 is 19.1 Å². The number of nitrogens with one attached hydrogen (secondary N) is 2. The van der Waals surface area contributed by atoms with Crippen LogP contribution in [-0.4, -0.2) is 22.2 Å². The van der Waals surface area contributed by atoms with Crippen molar-refractivity contribution in [1.29, 1.82) is 0 Å². The first kappa shape index (κ1) is 27.4. The maximum absolute atomic E-state index is 13.0. The average molecular weight is 602 g/mol. The van der Waals surface area contributed by atoms with E-state index in [1.54, 1.807) is 43.3 Å². The number of aryl methyl sites for hydroxylation is 1. The van der Waals surface area contributed by atoms with E-state index in [2.05, 4.69) is 10.6 Å². The highest BCUT2D eigenvalue weighted by molar-refractivity contribution is 6.53. The molecule has 0 spiro atoms. The number of rotatable bonds is 6. The van der Waals surface area contributed by atoms with Crippen molar-refractivity contribution in [2.24, 2.45) is 11.7 Å². The van der Waals surface area contributed by atoms with E-state index >= 15 is 0 Å². The van der Waals surface area contributed by atoms with E-state index in [4.69, 9.17) is 68.5 Å². The van der Waals surface area contributed by atoms with Gasteiger partial charge < -0.3 is 21.1 Å². The molecule has 12 heteroatoms. The van der Waals surface area contributed by atoms with Crippen LogP contribution in [0.3, 0.4) is 0 Å². The highest BCUT2D eigenvalue weighted by Crippen LogP contribution is 2.65. The highest BCUT2D eigenvalue weighted by atomic mass is 35.5. The number of anilines is 2. The van der Waals surface area contributed by atoms with Crippen LogP contribution in [0.2, 0.25) is 15.1 Å². The molecule has 3 aromatic carbocycles. The molecular formula is C25H18Cl5N3O4. The van der Waals surface area contributed by atoms with Crippen LogP contribution in [0.1, 0.15) is 27.4 Å². The molecule has 0 aliphatic heterocycles. The van der Waals surface area contributed by atoms with Crippen LogP contribution in [0.25, 0.3) is 0 Å². The average Bonchev–Trinajstić information content (AvgIpc) is 3.40. The Hall–Kier alpha value is -2.68. The Kier molecular flexibility index (Phi) is 7.83. The molecule has 4 N–H and O–H groups in total. The number of halogens is 5. The molecule has 1 aliphatic rings. The lowest BCUT2D eigenvalue weighted by molar-refractivity contribution is -0.117. The minimum atomic E-state index is -1.34. The quantitative estimate of drug-likeness (QED) is 0.260. The maximum Gasteiger partial charge on any atom is 0.409 e. The van der Waals surface area contributed by atoms with Gasteiger partial charge in [-0.2, -0.15) is 0 Å². The Morgan fingerprint density at radius 1 is 0.892 bits per heavy atom. The fourth-order valence-corrected chi connectivity index (χ4v) is 5.25. The summed E-state index contributed by atoms with van der Waals surface area (Å²) in [6.07, 6.45) is -0.947. The smallest absolute Gasteiger partial charge is 0.409 e. The van der Waals surface area contributed by atoms with Crippen molar-refractivity contribution >= 4 is 87.3 Å². The second-order valence-corrected chi connectivity index (χ2v) is 11.0. The number of carbonyl (C=O) groups excluding carboxylic acids is 3. The zero-order valence-electron chi connectivity index (χ0n) is 19.0. The molecule has 0 bridgehead atoms. The molecular weight excluding hydrogens is 584 g/mol. The molecule has 0 radical (unpaired) electrons. The Bertz CT molecular complexity index is 1430. The van der Waals surface area contributed by atoms with Crippen LogP contribution in [0.15, 0.2) is 54.6 Å². The number of carbonyl (C=O) groups is 3. The fraction of sp³-hybridized carbons (Fsp3) is 0.160. The van der Waals surface area contributed by atoms with Crippen LogP contribution >= 0.6 is 58.0 Å². The van der Waals surface area contributed by atoms with Crippen molar-refractivity contribution in [3.63, 3.8) is 0 Å². The molecule has 1 saturated carbocycles. The molecule has 7 nitrogen and oxygen atoms in total. The molecule has 4 rings (SSSR count). The van der Waals surface area contributed by atoms with Gasteiger partial charge in [-0.15, -0.1) is 23.2 Å². The molecule has 192 valence electrons. The van der Waals surface area contributed by atoms with Gasteiger partial charge in [0.1, 0.15) is 10.1 Å². The summed E-state index contributed by atoms with van der Waals surface area (Å²) in [5.74, 6) is -1.97. The number of primary amides is 1. The number of alkyl halides is 2. The van der Waals surface area contributed by atoms with Gasteiger partial charge >= 0.3 is 6.09 Å². The Balaban J connectivity index is 1.48. The first-order valence-electron chi connectivity index (χ1n) is 10.7. The number of nitrogens with two attached hydrogens (primary N) is 1. The molecule has 37 heavy (non-hydrogen) atoms. The second-order valence-electron chi connectivity index (χ2n) is 8.34. The van der Waals surface area contributed by atoms with Gasteiger partial charge in [-0.25, -0.2) is 4.79 Å². The van der Waals surface area contributed by atoms with E-state index in [0.717, 1.165) is 0 Å². The van der Waals surface area contributed by atoms with Gasteiger partial charge in [0.2, 0.25) is 5.91 Å². The van der Waals surface area contributed by atoms with Crippen molar-refractivity contribution in [2.75, 3.05) is 10.6 Å². The molecule has 0 unspecified atom stereocenters. The standard InChI is InChI=1S/C25H18Cl5N3O4/c1-11-8-14(37-24(31)36)4-7-19(11)33-22(34)15-10-13(3-6-16(15)26)32-23(35)21-20(25(21,29)30)12-2-5-17(27)18(28)9-12/h2-10,20-21H,1H3,(H2,31,36)(H,32,35)(H,33,34)/t20-,21+/m0/s1. The van der Waals surface area contributed by atoms with E-state index in [0.29, 0.717) is 32.5 Å². The lowest BCUT2D eigenvalue weighted by atomic mass is 10.1. The molecule has 3 amide bonds. The van der Waals surface area contributed by atoms with Crippen LogP contribution in [0.4, 0.5) is 16.2 Å². The first-order valence-corrected chi connectivity index (χ1v) is 12.6. The van der Waals surface area contributed by atoms with Crippen molar-refractivity contribution in [3.05, 3.63) is 86.4 Å². The SMILES string of the molecule is Cc1cc(OC(N)=O)ccc1NC(=O)c1cc(NC(=O)[C@H]2[C@H](c3ccc(Cl)c(Cl)c3)C2(Cl)Cl)ccc1Cl. The summed E-state index contributed by atoms with van der Waals surface area (Å²) in [4.78, 5) is 36.9. The maximum atomic E-state index is 13.0. The van der Waals surface area contributed by atoms with Crippen LogP contribution in [0.5, 0.6) is 5.75 Å². The van der Waals surface area contributed by atoms with Gasteiger partial charge in [0.15, 0.2) is 0 Å². The third-order valence-corrected chi connectivity index (χ3v) is 7.79. The van der Waals surface area contributed by atoms with Crippen LogP contribution < -0.4 is 21.1 Å². The summed E-state index contributed by atoms with van der Waals surface area (Å²) in [5, 5.41) is 6.36. The molecule has 0 aromatic heterocycles. The van der Waals surface area contributed by atoms with Crippen LogP contribution in [-0.2, 0) is 4.79 Å². The first-order chi connectivity index (χ1) is 17.4. The molecule has 0 heterocycles.